The molecule has 3 nitrogen and oxygen atoms in total. The van der Waals surface area contributed by atoms with E-state index < -0.39 is 0 Å². The fraction of sp³-hybridized carbons (Fsp3) is 0.625. The minimum absolute atomic E-state index is 0.118. The van der Waals surface area contributed by atoms with E-state index in [1.165, 1.54) is 12.5 Å². The number of aliphatic hydroxyl groups is 1. The maximum Gasteiger partial charge on any atom is 0.128 e. The molecule has 1 aliphatic carbocycles. The van der Waals surface area contributed by atoms with Gasteiger partial charge in [0.05, 0.1) is 6.04 Å². The van der Waals surface area contributed by atoms with Gasteiger partial charge in [-0.15, -0.1) is 0 Å². The molecule has 112 valence electrons. The van der Waals surface area contributed by atoms with Crippen LogP contribution in [0.1, 0.15) is 44.2 Å². The first-order valence-electron chi connectivity index (χ1n) is 7.51. The smallest absolute Gasteiger partial charge is 0.128 e. The van der Waals surface area contributed by atoms with Gasteiger partial charge < -0.3 is 10.8 Å². The molecule has 1 fully saturated rings. The third-order valence-corrected chi connectivity index (χ3v) is 4.20. The Morgan fingerprint density at radius 3 is 2.60 bits per heavy atom. The molecule has 0 aromatic heterocycles. The molecule has 1 aliphatic rings. The van der Waals surface area contributed by atoms with Crippen LogP contribution in [0.5, 0.6) is 0 Å². The Labute approximate surface area is 120 Å². The lowest BCUT2D eigenvalue weighted by atomic mass is 9.87. The molecule has 0 spiro atoms. The quantitative estimate of drug-likeness (QED) is 0.806. The summed E-state index contributed by atoms with van der Waals surface area (Å²) >= 11 is 0. The lowest BCUT2D eigenvalue weighted by Crippen LogP contribution is -2.48. The van der Waals surface area contributed by atoms with E-state index in [2.05, 4.69) is 4.90 Å². The van der Waals surface area contributed by atoms with Crippen molar-refractivity contribution < 1.29 is 9.50 Å². The molecular formula is C16H25FN2O. The van der Waals surface area contributed by atoms with Gasteiger partial charge in [0.25, 0.3) is 0 Å². The lowest BCUT2D eigenvalue weighted by molar-refractivity contribution is 0.0597. The molecule has 2 rings (SSSR count). The van der Waals surface area contributed by atoms with Gasteiger partial charge in [-0.05, 0) is 32.3 Å². The minimum atomic E-state index is -0.192. The standard InChI is InChI=1S/C16H25FN2O/c1-12(18)16(14-8-2-3-9-15(14)17)19(10-5-11-20)13-6-4-7-13/h2-3,8-9,12-13,16,20H,4-7,10-11,18H2,1H3. The number of nitrogens with zero attached hydrogens (tertiary/aromatic N) is 1. The highest BCUT2D eigenvalue weighted by molar-refractivity contribution is 5.23. The first-order chi connectivity index (χ1) is 9.65. The van der Waals surface area contributed by atoms with E-state index >= 15 is 0 Å². The van der Waals surface area contributed by atoms with E-state index in [9.17, 15) is 4.39 Å². The van der Waals surface area contributed by atoms with Crippen molar-refractivity contribution in [1.29, 1.82) is 0 Å². The van der Waals surface area contributed by atoms with Gasteiger partial charge in [-0.2, -0.15) is 0 Å². The Balaban J connectivity index is 2.26. The predicted octanol–water partition coefficient (Wildman–Crippen LogP) is 2.45. The van der Waals surface area contributed by atoms with Crippen LogP contribution in [0, 0.1) is 5.82 Å². The van der Waals surface area contributed by atoms with Crippen molar-refractivity contribution >= 4 is 0 Å². The van der Waals surface area contributed by atoms with Gasteiger partial charge in [-0.1, -0.05) is 24.6 Å². The molecule has 1 aromatic rings. The van der Waals surface area contributed by atoms with E-state index in [0.29, 0.717) is 18.0 Å². The summed E-state index contributed by atoms with van der Waals surface area (Å²) in [5.41, 5.74) is 6.83. The van der Waals surface area contributed by atoms with Gasteiger partial charge in [0, 0.05) is 30.8 Å². The lowest BCUT2D eigenvalue weighted by Gasteiger charge is -2.44. The molecule has 20 heavy (non-hydrogen) atoms. The van der Waals surface area contributed by atoms with Gasteiger partial charge >= 0.3 is 0 Å². The zero-order valence-corrected chi connectivity index (χ0v) is 12.1. The first kappa shape index (κ1) is 15.4. The number of hydrogen-bond donors (Lipinski definition) is 2. The SMILES string of the molecule is CC(N)C(c1ccccc1F)N(CCCO)C1CCC1. The van der Waals surface area contributed by atoms with Crippen molar-refractivity contribution in [2.45, 2.75) is 50.7 Å². The number of aliphatic hydroxyl groups excluding tert-OH is 1. The van der Waals surface area contributed by atoms with Gasteiger partial charge in [0.15, 0.2) is 0 Å². The Bertz CT molecular complexity index is 421. The van der Waals surface area contributed by atoms with Crippen LogP contribution in [0.4, 0.5) is 4.39 Å². The van der Waals surface area contributed by atoms with Crippen LogP contribution in [0.3, 0.4) is 0 Å². The van der Waals surface area contributed by atoms with E-state index in [0.717, 1.165) is 19.4 Å². The van der Waals surface area contributed by atoms with Gasteiger partial charge in [-0.3, -0.25) is 4.90 Å². The van der Waals surface area contributed by atoms with Crippen LogP contribution in [0.2, 0.25) is 0 Å². The van der Waals surface area contributed by atoms with Crippen molar-refractivity contribution in [2.24, 2.45) is 5.73 Å². The second kappa shape index (κ2) is 7.16. The molecule has 2 unspecified atom stereocenters. The van der Waals surface area contributed by atoms with Crippen LogP contribution in [0.25, 0.3) is 0 Å². The number of benzene rings is 1. The minimum Gasteiger partial charge on any atom is -0.396 e. The summed E-state index contributed by atoms with van der Waals surface area (Å²) in [5.74, 6) is -0.192. The Morgan fingerprint density at radius 2 is 2.10 bits per heavy atom. The van der Waals surface area contributed by atoms with E-state index in [1.54, 1.807) is 6.07 Å². The average molecular weight is 280 g/mol. The van der Waals surface area contributed by atoms with Crippen LogP contribution in [0.15, 0.2) is 24.3 Å². The maximum atomic E-state index is 14.1. The van der Waals surface area contributed by atoms with Crippen LogP contribution >= 0.6 is 0 Å². The van der Waals surface area contributed by atoms with Crippen LogP contribution in [-0.4, -0.2) is 35.2 Å². The van der Waals surface area contributed by atoms with Gasteiger partial charge in [0.1, 0.15) is 5.82 Å². The van der Waals surface area contributed by atoms with Crippen molar-refractivity contribution in [3.8, 4) is 0 Å². The number of hydrogen-bond acceptors (Lipinski definition) is 3. The average Bonchev–Trinajstić information content (AvgIpc) is 2.35. The summed E-state index contributed by atoms with van der Waals surface area (Å²) in [5, 5.41) is 9.10. The largest absolute Gasteiger partial charge is 0.396 e. The Kier molecular flexibility index (Phi) is 5.52. The molecule has 0 heterocycles. The summed E-state index contributed by atoms with van der Waals surface area (Å²) < 4.78 is 14.1. The topological polar surface area (TPSA) is 49.5 Å². The Hall–Kier alpha value is -0.970. The summed E-state index contributed by atoms with van der Waals surface area (Å²) in [6, 6.07) is 7.09. The predicted molar refractivity (Wildman–Crippen MR) is 78.8 cm³/mol. The molecule has 0 amide bonds. The first-order valence-corrected chi connectivity index (χ1v) is 7.51. The van der Waals surface area contributed by atoms with Crippen molar-refractivity contribution in [1.82, 2.24) is 4.90 Å². The number of halogens is 1. The van der Waals surface area contributed by atoms with Crippen molar-refractivity contribution in [2.75, 3.05) is 13.2 Å². The highest BCUT2D eigenvalue weighted by atomic mass is 19.1. The van der Waals surface area contributed by atoms with Crippen molar-refractivity contribution in [3.63, 3.8) is 0 Å². The van der Waals surface area contributed by atoms with E-state index in [1.807, 2.05) is 19.1 Å². The highest BCUT2D eigenvalue weighted by Gasteiger charge is 2.34. The molecular weight excluding hydrogens is 255 g/mol. The van der Waals surface area contributed by atoms with Crippen LogP contribution in [-0.2, 0) is 0 Å². The molecule has 1 aromatic carbocycles. The third kappa shape index (κ3) is 3.37. The van der Waals surface area contributed by atoms with Gasteiger partial charge in [0.2, 0.25) is 0 Å². The maximum absolute atomic E-state index is 14.1. The van der Waals surface area contributed by atoms with E-state index in [-0.39, 0.29) is 24.5 Å². The summed E-state index contributed by atoms with van der Waals surface area (Å²) in [7, 11) is 0. The molecule has 0 aliphatic heterocycles. The van der Waals surface area contributed by atoms with Crippen molar-refractivity contribution in [3.05, 3.63) is 35.6 Å². The second-order valence-electron chi connectivity index (χ2n) is 5.73. The molecule has 4 heteroatoms. The fourth-order valence-electron chi connectivity index (χ4n) is 3.00. The summed E-state index contributed by atoms with van der Waals surface area (Å²) in [6.45, 7) is 2.86. The summed E-state index contributed by atoms with van der Waals surface area (Å²) in [6.07, 6.45) is 4.21. The molecule has 2 atom stereocenters. The Morgan fingerprint density at radius 1 is 1.40 bits per heavy atom. The van der Waals surface area contributed by atoms with Crippen LogP contribution < -0.4 is 5.73 Å². The van der Waals surface area contributed by atoms with E-state index in [4.69, 9.17) is 10.8 Å². The monoisotopic (exact) mass is 280 g/mol. The number of nitrogens with two attached hydrogens (primary N) is 1. The fourth-order valence-corrected chi connectivity index (χ4v) is 3.00. The normalized spacial score (nSPS) is 18.9. The highest BCUT2D eigenvalue weighted by Crippen LogP contribution is 2.34. The summed E-state index contributed by atoms with van der Waals surface area (Å²) in [4.78, 5) is 2.29. The third-order valence-electron chi connectivity index (χ3n) is 4.20. The zero-order valence-electron chi connectivity index (χ0n) is 12.1. The zero-order chi connectivity index (χ0) is 14.5. The molecule has 0 radical (unpaired) electrons. The second-order valence-corrected chi connectivity index (χ2v) is 5.73. The number of rotatable bonds is 7. The molecule has 0 saturated heterocycles. The molecule has 1 saturated carbocycles. The molecule has 0 bridgehead atoms. The molecule has 3 N–H and O–H groups in total. The van der Waals surface area contributed by atoms with Gasteiger partial charge in [-0.25, -0.2) is 4.39 Å².